The normalized spacial score (nSPS) is 16.6. The summed E-state index contributed by atoms with van der Waals surface area (Å²) in [5, 5.41) is 3.35. The Labute approximate surface area is 106 Å². The van der Waals surface area contributed by atoms with E-state index in [0.29, 0.717) is 19.1 Å². The molecule has 0 aliphatic heterocycles. The van der Waals surface area contributed by atoms with Crippen LogP contribution in [0, 0.1) is 0 Å². The summed E-state index contributed by atoms with van der Waals surface area (Å²) in [6.07, 6.45) is 5.01. The zero-order valence-electron chi connectivity index (χ0n) is 11.1. The van der Waals surface area contributed by atoms with Gasteiger partial charge in [-0.2, -0.15) is 0 Å². The Morgan fingerprint density at radius 2 is 1.76 bits per heavy atom. The maximum absolute atomic E-state index is 12.1. The van der Waals surface area contributed by atoms with E-state index in [1.807, 2.05) is 13.8 Å². The number of sulfonamides is 1. The van der Waals surface area contributed by atoms with Crippen LogP contribution in [0.5, 0.6) is 0 Å². The Balaban J connectivity index is 2.28. The molecule has 102 valence electrons. The Hall–Kier alpha value is -0.130. The molecule has 0 heterocycles. The second-order valence-corrected chi connectivity index (χ2v) is 6.89. The third-order valence-electron chi connectivity index (χ3n) is 2.93. The van der Waals surface area contributed by atoms with Gasteiger partial charge in [-0.25, -0.2) is 12.7 Å². The van der Waals surface area contributed by atoms with Crippen molar-refractivity contribution in [3.05, 3.63) is 0 Å². The van der Waals surface area contributed by atoms with Crippen LogP contribution in [0.15, 0.2) is 0 Å². The van der Waals surface area contributed by atoms with E-state index in [0.717, 1.165) is 25.8 Å². The third kappa shape index (κ3) is 5.84. The van der Waals surface area contributed by atoms with E-state index in [2.05, 4.69) is 5.32 Å². The van der Waals surface area contributed by atoms with E-state index in [1.54, 1.807) is 4.31 Å². The van der Waals surface area contributed by atoms with Crippen LogP contribution in [0.4, 0.5) is 0 Å². The fourth-order valence-electron chi connectivity index (χ4n) is 1.87. The molecule has 0 aromatic heterocycles. The quantitative estimate of drug-likeness (QED) is 0.608. The Kier molecular flexibility index (Phi) is 6.44. The molecule has 1 aliphatic carbocycles. The third-order valence-corrected chi connectivity index (χ3v) is 4.89. The van der Waals surface area contributed by atoms with Crippen molar-refractivity contribution in [1.29, 1.82) is 0 Å². The summed E-state index contributed by atoms with van der Waals surface area (Å²) in [6.45, 7) is 6.19. The van der Waals surface area contributed by atoms with Gasteiger partial charge in [0.1, 0.15) is 0 Å². The fourth-order valence-corrected chi connectivity index (χ4v) is 3.55. The van der Waals surface area contributed by atoms with Crippen LogP contribution in [0.3, 0.4) is 0 Å². The predicted octanol–water partition coefficient (Wildman–Crippen LogP) is 1.58. The second-order valence-electron chi connectivity index (χ2n) is 4.80. The summed E-state index contributed by atoms with van der Waals surface area (Å²) < 4.78 is 25.8. The molecule has 1 fully saturated rings. The van der Waals surface area contributed by atoms with E-state index in [-0.39, 0.29) is 5.75 Å². The molecule has 0 aromatic carbocycles. The molecule has 0 unspecified atom stereocenters. The topological polar surface area (TPSA) is 49.4 Å². The average Bonchev–Trinajstić information content (AvgIpc) is 3.08. The predicted molar refractivity (Wildman–Crippen MR) is 71.6 cm³/mol. The van der Waals surface area contributed by atoms with Crippen LogP contribution >= 0.6 is 0 Å². The van der Waals surface area contributed by atoms with Gasteiger partial charge in [-0.15, -0.1) is 0 Å². The van der Waals surface area contributed by atoms with Crippen molar-refractivity contribution in [2.24, 2.45) is 0 Å². The molecule has 0 saturated heterocycles. The van der Waals surface area contributed by atoms with Gasteiger partial charge in [0.25, 0.3) is 0 Å². The standard InChI is InChI=1S/C12H26N2O2S/c1-3-9-14(10-4-2)17(15,16)11-5-8-13-12-6-7-12/h12-13H,3-11H2,1-2H3. The monoisotopic (exact) mass is 262 g/mol. The van der Waals surface area contributed by atoms with Crippen molar-refractivity contribution in [1.82, 2.24) is 9.62 Å². The number of hydrogen-bond acceptors (Lipinski definition) is 3. The number of hydrogen-bond donors (Lipinski definition) is 1. The summed E-state index contributed by atoms with van der Waals surface area (Å²) in [5.74, 6) is 0.284. The summed E-state index contributed by atoms with van der Waals surface area (Å²) in [7, 11) is -3.03. The number of rotatable bonds is 10. The van der Waals surface area contributed by atoms with Gasteiger partial charge in [-0.1, -0.05) is 13.8 Å². The van der Waals surface area contributed by atoms with E-state index in [4.69, 9.17) is 0 Å². The first-order valence-electron chi connectivity index (χ1n) is 6.81. The molecule has 0 aromatic rings. The van der Waals surface area contributed by atoms with Gasteiger partial charge >= 0.3 is 0 Å². The van der Waals surface area contributed by atoms with Crippen LogP contribution in [0.1, 0.15) is 46.0 Å². The summed E-state index contributed by atoms with van der Waals surface area (Å²) in [5.41, 5.74) is 0. The van der Waals surface area contributed by atoms with Crippen LogP contribution in [-0.2, 0) is 10.0 Å². The van der Waals surface area contributed by atoms with E-state index >= 15 is 0 Å². The Morgan fingerprint density at radius 1 is 1.18 bits per heavy atom. The lowest BCUT2D eigenvalue weighted by molar-refractivity contribution is 0.408. The van der Waals surface area contributed by atoms with E-state index < -0.39 is 10.0 Å². The summed E-state index contributed by atoms with van der Waals surface area (Å²) >= 11 is 0. The second kappa shape index (κ2) is 7.34. The molecule has 5 heteroatoms. The van der Waals surface area contributed by atoms with Crippen molar-refractivity contribution < 1.29 is 8.42 Å². The highest BCUT2D eigenvalue weighted by molar-refractivity contribution is 7.89. The van der Waals surface area contributed by atoms with E-state index in [1.165, 1.54) is 12.8 Å². The van der Waals surface area contributed by atoms with Gasteiger partial charge in [0.05, 0.1) is 5.75 Å². The highest BCUT2D eigenvalue weighted by Crippen LogP contribution is 2.18. The molecule has 0 radical (unpaired) electrons. The minimum atomic E-state index is -3.03. The maximum atomic E-state index is 12.1. The molecular weight excluding hydrogens is 236 g/mol. The maximum Gasteiger partial charge on any atom is 0.214 e. The minimum Gasteiger partial charge on any atom is -0.314 e. The molecule has 1 saturated carbocycles. The van der Waals surface area contributed by atoms with Gasteiger partial charge in [0.15, 0.2) is 0 Å². The van der Waals surface area contributed by atoms with Crippen LogP contribution in [0.25, 0.3) is 0 Å². The molecule has 0 spiro atoms. The first-order valence-corrected chi connectivity index (χ1v) is 8.42. The van der Waals surface area contributed by atoms with Gasteiger partial charge in [-0.3, -0.25) is 0 Å². The smallest absolute Gasteiger partial charge is 0.214 e. The summed E-state index contributed by atoms with van der Waals surface area (Å²) in [4.78, 5) is 0. The minimum absolute atomic E-state index is 0.284. The summed E-state index contributed by atoms with van der Waals surface area (Å²) in [6, 6.07) is 0.667. The Bertz CT molecular complexity index is 294. The van der Waals surface area contributed by atoms with Gasteiger partial charge in [0, 0.05) is 19.1 Å². The SMILES string of the molecule is CCCN(CCC)S(=O)(=O)CCCNC1CC1. The molecule has 17 heavy (non-hydrogen) atoms. The van der Waals surface area contributed by atoms with E-state index in [9.17, 15) is 8.42 Å². The molecule has 0 atom stereocenters. The van der Waals surface area contributed by atoms with Gasteiger partial charge in [-0.05, 0) is 38.6 Å². The number of nitrogens with zero attached hydrogens (tertiary/aromatic N) is 1. The molecule has 1 aliphatic rings. The highest BCUT2D eigenvalue weighted by Gasteiger charge is 2.22. The van der Waals surface area contributed by atoms with Crippen molar-refractivity contribution in [3.8, 4) is 0 Å². The van der Waals surface area contributed by atoms with Crippen LogP contribution < -0.4 is 5.32 Å². The van der Waals surface area contributed by atoms with Gasteiger partial charge < -0.3 is 5.32 Å². The lowest BCUT2D eigenvalue weighted by atomic mass is 10.4. The lowest BCUT2D eigenvalue weighted by Crippen LogP contribution is -2.35. The fraction of sp³-hybridized carbons (Fsp3) is 1.00. The average molecular weight is 262 g/mol. The lowest BCUT2D eigenvalue weighted by Gasteiger charge is -2.20. The number of nitrogens with one attached hydrogen (secondary N) is 1. The molecular formula is C12H26N2O2S. The highest BCUT2D eigenvalue weighted by atomic mass is 32.2. The van der Waals surface area contributed by atoms with Crippen LogP contribution in [-0.4, -0.2) is 44.2 Å². The molecule has 4 nitrogen and oxygen atoms in total. The molecule has 0 bridgehead atoms. The van der Waals surface area contributed by atoms with Crippen molar-refractivity contribution in [2.75, 3.05) is 25.4 Å². The van der Waals surface area contributed by atoms with Crippen molar-refractivity contribution in [3.63, 3.8) is 0 Å². The van der Waals surface area contributed by atoms with Crippen LogP contribution in [0.2, 0.25) is 0 Å². The molecule has 0 amide bonds. The zero-order valence-corrected chi connectivity index (χ0v) is 11.9. The van der Waals surface area contributed by atoms with Crippen molar-refractivity contribution in [2.45, 2.75) is 52.0 Å². The van der Waals surface area contributed by atoms with Gasteiger partial charge in [0.2, 0.25) is 10.0 Å². The molecule has 1 rings (SSSR count). The first kappa shape index (κ1) is 14.9. The van der Waals surface area contributed by atoms with Crippen molar-refractivity contribution >= 4 is 10.0 Å². The first-order chi connectivity index (χ1) is 8.10. The molecule has 1 N–H and O–H groups in total. The largest absolute Gasteiger partial charge is 0.314 e. The zero-order chi connectivity index (χ0) is 12.7. The Morgan fingerprint density at radius 3 is 2.24 bits per heavy atom.